The summed E-state index contributed by atoms with van der Waals surface area (Å²) in [6, 6.07) is 1.64. The number of aryl methyl sites for hydroxylation is 1. The summed E-state index contributed by atoms with van der Waals surface area (Å²) in [7, 11) is 0. The average molecular weight is 237 g/mol. The molecular weight excluding hydrogens is 218 g/mol. The lowest BCUT2D eigenvalue weighted by Crippen LogP contribution is -2.20. The summed E-state index contributed by atoms with van der Waals surface area (Å²) in [4.78, 5) is 13.2. The summed E-state index contributed by atoms with van der Waals surface area (Å²) in [5, 5.41) is 8.86. The molecule has 0 saturated carbocycles. The summed E-state index contributed by atoms with van der Waals surface area (Å²) in [5.74, 6) is 1.18. The van der Waals surface area contributed by atoms with Gasteiger partial charge in [0.2, 0.25) is 5.76 Å². The molecule has 0 spiro atoms. The van der Waals surface area contributed by atoms with E-state index >= 15 is 0 Å². The third kappa shape index (κ3) is 2.52. The van der Waals surface area contributed by atoms with Gasteiger partial charge in [0.05, 0.1) is 0 Å². The van der Waals surface area contributed by atoms with Crippen molar-refractivity contribution in [3.63, 3.8) is 0 Å². The quantitative estimate of drug-likeness (QED) is 0.877. The van der Waals surface area contributed by atoms with Crippen molar-refractivity contribution in [3.8, 4) is 0 Å². The second-order valence-electron chi connectivity index (χ2n) is 5.15. The lowest BCUT2D eigenvalue weighted by Gasteiger charge is -2.14. The molecule has 0 aromatic carbocycles. The van der Waals surface area contributed by atoms with Gasteiger partial charge in [-0.1, -0.05) is 13.8 Å². The molecule has 2 heterocycles. The highest BCUT2D eigenvalue weighted by atomic mass is 16.4. The second kappa shape index (κ2) is 4.53. The van der Waals surface area contributed by atoms with Crippen LogP contribution in [0.5, 0.6) is 0 Å². The number of hydrogen-bond acceptors (Lipinski definition) is 3. The zero-order valence-electron chi connectivity index (χ0n) is 10.6. The molecule has 0 aliphatic carbocycles. The van der Waals surface area contributed by atoms with Gasteiger partial charge in [0.15, 0.2) is 0 Å². The Bertz CT molecular complexity index is 414. The number of carboxylic acid groups (broad SMARTS) is 1. The first-order chi connectivity index (χ1) is 7.97. The number of likely N-dealkylation sites (tertiary alicyclic amines) is 1. The normalized spacial score (nSPS) is 25.4. The predicted octanol–water partition coefficient (Wildman–Crippen LogP) is 2.37. The van der Waals surface area contributed by atoms with Crippen molar-refractivity contribution in [2.24, 2.45) is 11.8 Å². The van der Waals surface area contributed by atoms with Crippen molar-refractivity contribution in [2.45, 2.75) is 27.3 Å². The van der Waals surface area contributed by atoms with Gasteiger partial charge < -0.3 is 9.52 Å². The summed E-state index contributed by atoms with van der Waals surface area (Å²) in [6.07, 6.45) is 0. The molecule has 2 atom stereocenters. The first-order valence-electron chi connectivity index (χ1n) is 6.02. The van der Waals surface area contributed by atoms with Gasteiger partial charge in [-0.05, 0) is 24.8 Å². The molecule has 2 unspecified atom stereocenters. The first-order valence-corrected chi connectivity index (χ1v) is 6.02. The van der Waals surface area contributed by atoms with Crippen LogP contribution in [0.1, 0.15) is 35.7 Å². The van der Waals surface area contributed by atoms with E-state index in [1.54, 1.807) is 6.07 Å². The van der Waals surface area contributed by atoms with Crippen LogP contribution in [0.15, 0.2) is 10.5 Å². The Morgan fingerprint density at radius 2 is 2.06 bits per heavy atom. The summed E-state index contributed by atoms with van der Waals surface area (Å²) < 4.78 is 5.21. The van der Waals surface area contributed by atoms with Crippen LogP contribution < -0.4 is 0 Å². The average Bonchev–Trinajstić information content (AvgIpc) is 2.73. The van der Waals surface area contributed by atoms with Gasteiger partial charge in [-0.2, -0.15) is 0 Å². The van der Waals surface area contributed by atoms with Crippen LogP contribution in [0.3, 0.4) is 0 Å². The number of aromatic carboxylic acids is 1. The zero-order chi connectivity index (χ0) is 12.6. The van der Waals surface area contributed by atoms with Crippen LogP contribution in [0.2, 0.25) is 0 Å². The van der Waals surface area contributed by atoms with Crippen LogP contribution in [-0.2, 0) is 6.54 Å². The van der Waals surface area contributed by atoms with Crippen molar-refractivity contribution in [3.05, 3.63) is 23.2 Å². The van der Waals surface area contributed by atoms with E-state index in [1.807, 2.05) is 6.92 Å². The first kappa shape index (κ1) is 12.2. The highest BCUT2D eigenvalue weighted by Crippen LogP contribution is 2.25. The van der Waals surface area contributed by atoms with E-state index < -0.39 is 5.97 Å². The van der Waals surface area contributed by atoms with E-state index in [0.29, 0.717) is 11.8 Å². The minimum Gasteiger partial charge on any atom is -0.475 e. The van der Waals surface area contributed by atoms with Gasteiger partial charge >= 0.3 is 5.97 Å². The van der Waals surface area contributed by atoms with Gasteiger partial charge in [0, 0.05) is 25.2 Å². The maximum Gasteiger partial charge on any atom is 0.371 e. The number of furan rings is 1. The van der Waals surface area contributed by atoms with Crippen LogP contribution >= 0.6 is 0 Å². The third-order valence-corrected chi connectivity index (χ3v) is 3.69. The number of rotatable bonds is 3. The Morgan fingerprint density at radius 3 is 2.53 bits per heavy atom. The topological polar surface area (TPSA) is 53.7 Å². The molecule has 1 aromatic rings. The summed E-state index contributed by atoms with van der Waals surface area (Å²) in [5.41, 5.74) is 0.990. The standard InChI is InChI=1S/C13H19NO3/c1-8-5-14(6-9(8)2)7-11-4-12(13(15)16)17-10(11)3/h4,8-9H,5-7H2,1-3H3,(H,15,16). The smallest absolute Gasteiger partial charge is 0.371 e. The fourth-order valence-corrected chi connectivity index (χ4v) is 2.40. The molecule has 1 fully saturated rings. The highest BCUT2D eigenvalue weighted by Gasteiger charge is 2.27. The van der Waals surface area contributed by atoms with Crippen LogP contribution in [-0.4, -0.2) is 29.1 Å². The zero-order valence-corrected chi connectivity index (χ0v) is 10.6. The number of nitrogens with zero attached hydrogens (tertiary/aromatic N) is 1. The lowest BCUT2D eigenvalue weighted by atomic mass is 10.0. The molecule has 4 heteroatoms. The Hall–Kier alpha value is -1.29. The molecule has 1 aliphatic rings. The maximum atomic E-state index is 10.8. The van der Waals surface area contributed by atoms with E-state index in [9.17, 15) is 4.79 Å². The van der Waals surface area contributed by atoms with Gasteiger partial charge in [0.25, 0.3) is 0 Å². The second-order valence-corrected chi connectivity index (χ2v) is 5.15. The molecule has 0 bridgehead atoms. The van der Waals surface area contributed by atoms with E-state index in [1.165, 1.54) is 0 Å². The number of carbonyl (C=O) groups is 1. The van der Waals surface area contributed by atoms with Crippen molar-refractivity contribution >= 4 is 5.97 Å². The monoisotopic (exact) mass is 237 g/mol. The predicted molar refractivity (Wildman–Crippen MR) is 64.0 cm³/mol. The molecule has 4 nitrogen and oxygen atoms in total. The van der Waals surface area contributed by atoms with Gasteiger partial charge in [-0.25, -0.2) is 4.79 Å². The fourth-order valence-electron chi connectivity index (χ4n) is 2.40. The van der Waals surface area contributed by atoms with E-state index in [-0.39, 0.29) is 5.76 Å². The Kier molecular flexibility index (Phi) is 3.24. The molecular formula is C13H19NO3. The third-order valence-electron chi connectivity index (χ3n) is 3.69. The highest BCUT2D eigenvalue weighted by molar-refractivity contribution is 5.84. The largest absolute Gasteiger partial charge is 0.475 e. The fraction of sp³-hybridized carbons (Fsp3) is 0.615. The van der Waals surface area contributed by atoms with Crippen LogP contribution in [0.4, 0.5) is 0 Å². The van der Waals surface area contributed by atoms with E-state index in [4.69, 9.17) is 9.52 Å². The maximum absolute atomic E-state index is 10.8. The summed E-state index contributed by atoms with van der Waals surface area (Å²) in [6.45, 7) is 9.29. The summed E-state index contributed by atoms with van der Waals surface area (Å²) >= 11 is 0. The molecule has 17 heavy (non-hydrogen) atoms. The van der Waals surface area contributed by atoms with Crippen molar-refractivity contribution in [1.29, 1.82) is 0 Å². The van der Waals surface area contributed by atoms with Crippen molar-refractivity contribution in [1.82, 2.24) is 4.90 Å². The molecule has 0 amide bonds. The van der Waals surface area contributed by atoms with Crippen molar-refractivity contribution < 1.29 is 14.3 Å². The van der Waals surface area contributed by atoms with Gasteiger partial charge in [0.1, 0.15) is 5.76 Å². The van der Waals surface area contributed by atoms with Crippen LogP contribution in [0.25, 0.3) is 0 Å². The molecule has 1 aromatic heterocycles. The number of carboxylic acids is 1. The Balaban J connectivity index is 2.06. The Labute approximate surface area is 101 Å². The van der Waals surface area contributed by atoms with E-state index in [0.717, 1.165) is 31.0 Å². The van der Waals surface area contributed by atoms with Crippen LogP contribution in [0, 0.1) is 18.8 Å². The minimum absolute atomic E-state index is 0.0396. The van der Waals surface area contributed by atoms with Gasteiger partial charge in [-0.15, -0.1) is 0 Å². The minimum atomic E-state index is -0.998. The molecule has 94 valence electrons. The van der Waals surface area contributed by atoms with Gasteiger partial charge in [-0.3, -0.25) is 4.90 Å². The lowest BCUT2D eigenvalue weighted by molar-refractivity contribution is 0.0661. The molecule has 0 radical (unpaired) electrons. The molecule has 1 saturated heterocycles. The molecule has 1 N–H and O–H groups in total. The number of hydrogen-bond donors (Lipinski definition) is 1. The molecule has 1 aliphatic heterocycles. The SMILES string of the molecule is Cc1oc(C(=O)O)cc1CN1CC(C)C(C)C1. The van der Waals surface area contributed by atoms with Crippen molar-refractivity contribution in [2.75, 3.05) is 13.1 Å². The molecule has 2 rings (SSSR count). The van der Waals surface area contributed by atoms with E-state index in [2.05, 4.69) is 18.7 Å². The Morgan fingerprint density at radius 1 is 1.47 bits per heavy atom.